The Morgan fingerprint density at radius 2 is 1.95 bits per heavy atom. The van der Waals surface area contributed by atoms with Crippen LogP contribution in [0.4, 0.5) is 0 Å². The molecule has 2 aromatic rings. The van der Waals surface area contributed by atoms with Crippen molar-refractivity contribution in [2.45, 2.75) is 6.92 Å². The van der Waals surface area contributed by atoms with Crippen LogP contribution >= 0.6 is 0 Å². The molecule has 22 heavy (non-hydrogen) atoms. The first kappa shape index (κ1) is 15.2. The fraction of sp³-hybridized carbons (Fsp3) is 0.0556. The number of esters is 1. The average Bonchev–Trinajstić information content (AvgIpc) is 2.56. The molecule has 0 saturated carbocycles. The van der Waals surface area contributed by atoms with Gasteiger partial charge in [0.2, 0.25) is 0 Å². The van der Waals surface area contributed by atoms with E-state index in [0.29, 0.717) is 11.3 Å². The predicted octanol–water partition coefficient (Wildman–Crippen LogP) is 3.66. The summed E-state index contributed by atoms with van der Waals surface area (Å²) >= 11 is 0. The zero-order valence-electron chi connectivity index (χ0n) is 12.1. The third-order valence-corrected chi connectivity index (χ3v) is 2.80. The average molecular weight is 290 g/mol. The number of benzene rings is 1. The van der Waals surface area contributed by atoms with Crippen LogP contribution in [0.25, 0.3) is 11.3 Å². The van der Waals surface area contributed by atoms with Crippen molar-refractivity contribution in [3.63, 3.8) is 0 Å². The third kappa shape index (κ3) is 4.15. The number of carbonyl (C=O) groups is 1. The summed E-state index contributed by atoms with van der Waals surface area (Å²) in [7, 11) is 0. The third-order valence-electron chi connectivity index (χ3n) is 2.80. The van der Waals surface area contributed by atoms with E-state index in [0.717, 1.165) is 11.3 Å². The van der Waals surface area contributed by atoms with Gasteiger partial charge in [-0.3, -0.25) is 4.98 Å². The Balaban J connectivity index is 2.06. The number of hydrogen-bond donors (Lipinski definition) is 0. The zero-order chi connectivity index (χ0) is 15.8. The smallest absolute Gasteiger partial charge is 0.336 e. The molecule has 0 fully saturated rings. The molecule has 1 aromatic heterocycles. The SMILES string of the molecule is C/C=C/C=C/C(=O)Oc1ccc(-c2ccc(C#N)cc2)nc1. The van der Waals surface area contributed by atoms with Crippen LogP contribution < -0.4 is 4.74 Å². The van der Waals surface area contributed by atoms with Crippen molar-refractivity contribution in [1.82, 2.24) is 4.98 Å². The van der Waals surface area contributed by atoms with Gasteiger partial charge in [-0.25, -0.2) is 4.79 Å². The Morgan fingerprint density at radius 3 is 2.55 bits per heavy atom. The molecule has 1 aromatic carbocycles. The molecule has 0 unspecified atom stereocenters. The number of aromatic nitrogens is 1. The molecule has 0 radical (unpaired) electrons. The molecule has 4 heteroatoms. The number of nitrogens with zero attached hydrogens (tertiary/aromatic N) is 2. The van der Waals surface area contributed by atoms with Crippen molar-refractivity contribution in [1.29, 1.82) is 5.26 Å². The molecule has 4 nitrogen and oxygen atoms in total. The highest BCUT2D eigenvalue weighted by Crippen LogP contribution is 2.20. The van der Waals surface area contributed by atoms with E-state index in [1.165, 1.54) is 12.3 Å². The largest absolute Gasteiger partial charge is 0.422 e. The first-order valence-electron chi connectivity index (χ1n) is 6.70. The van der Waals surface area contributed by atoms with Gasteiger partial charge in [-0.05, 0) is 31.2 Å². The molecular weight excluding hydrogens is 276 g/mol. The molecular formula is C18H14N2O2. The minimum atomic E-state index is -0.453. The van der Waals surface area contributed by atoms with Gasteiger partial charge in [0.25, 0.3) is 0 Å². The van der Waals surface area contributed by atoms with Gasteiger partial charge in [-0.2, -0.15) is 5.26 Å². The van der Waals surface area contributed by atoms with Crippen LogP contribution in [0.1, 0.15) is 12.5 Å². The second-order valence-electron chi connectivity index (χ2n) is 4.37. The van der Waals surface area contributed by atoms with Crippen LogP contribution in [-0.4, -0.2) is 11.0 Å². The van der Waals surface area contributed by atoms with E-state index >= 15 is 0 Å². The molecule has 0 aliphatic heterocycles. The molecule has 1 heterocycles. The molecule has 0 amide bonds. The molecule has 0 aliphatic rings. The summed E-state index contributed by atoms with van der Waals surface area (Å²) in [6.45, 7) is 1.86. The maximum Gasteiger partial charge on any atom is 0.336 e. The van der Waals surface area contributed by atoms with Gasteiger partial charge in [0.15, 0.2) is 0 Å². The molecule has 0 atom stereocenters. The lowest BCUT2D eigenvalue weighted by Crippen LogP contribution is -2.03. The maximum atomic E-state index is 11.5. The molecule has 0 bridgehead atoms. The van der Waals surface area contributed by atoms with Gasteiger partial charge >= 0.3 is 5.97 Å². The Kier molecular flexibility index (Phi) is 5.22. The minimum Gasteiger partial charge on any atom is -0.422 e. The highest BCUT2D eigenvalue weighted by molar-refractivity contribution is 5.84. The highest BCUT2D eigenvalue weighted by Gasteiger charge is 2.03. The lowest BCUT2D eigenvalue weighted by atomic mass is 10.1. The summed E-state index contributed by atoms with van der Waals surface area (Å²) in [6, 6.07) is 12.6. The predicted molar refractivity (Wildman–Crippen MR) is 84.0 cm³/mol. The molecule has 0 aliphatic carbocycles. The molecule has 0 saturated heterocycles. The molecule has 108 valence electrons. The van der Waals surface area contributed by atoms with Gasteiger partial charge in [-0.1, -0.05) is 30.4 Å². The quantitative estimate of drug-likeness (QED) is 0.490. The summed E-state index contributed by atoms with van der Waals surface area (Å²) in [4.78, 5) is 15.8. The van der Waals surface area contributed by atoms with Crippen molar-refractivity contribution >= 4 is 5.97 Å². The highest BCUT2D eigenvalue weighted by atomic mass is 16.5. The number of allylic oxidation sites excluding steroid dienone is 3. The van der Waals surface area contributed by atoms with E-state index in [4.69, 9.17) is 10.00 Å². The van der Waals surface area contributed by atoms with E-state index in [-0.39, 0.29) is 0 Å². The van der Waals surface area contributed by atoms with Crippen molar-refractivity contribution in [2.75, 3.05) is 0 Å². The number of rotatable bonds is 4. The summed E-state index contributed by atoms with van der Waals surface area (Å²) in [5, 5.41) is 8.77. The first-order valence-corrected chi connectivity index (χ1v) is 6.70. The standard InChI is InChI=1S/C18H14N2O2/c1-2-3-4-5-18(21)22-16-10-11-17(20-13-16)15-8-6-14(12-19)7-9-15/h2-11,13H,1H3/b3-2+,5-4+. The van der Waals surface area contributed by atoms with E-state index in [1.54, 1.807) is 36.4 Å². The number of pyridine rings is 1. The topological polar surface area (TPSA) is 63.0 Å². The number of nitriles is 1. The van der Waals surface area contributed by atoms with Crippen LogP contribution in [0.2, 0.25) is 0 Å². The number of ether oxygens (including phenoxy) is 1. The zero-order valence-corrected chi connectivity index (χ0v) is 12.1. The van der Waals surface area contributed by atoms with E-state index < -0.39 is 5.97 Å². The normalized spacial score (nSPS) is 10.7. The Labute approximate surface area is 129 Å². The second-order valence-corrected chi connectivity index (χ2v) is 4.37. The monoisotopic (exact) mass is 290 g/mol. The van der Waals surface area contributed by atoms with Gasteiger partial charge in [0.05, 0.1) is 23.5 Å². The van der Waals surface area contributed by atoms with Crippen molar-refractivity contribution in [2.24, 2.45) is 0 Å². The Morgan fingerprint density at radius 1 is 1.18 bits per heavy atom. The second kappa shape index (κ2) is 7.55. The van der Waals surface area contributed by atoms with E-state index in [1.807, 2.05) is 25.1 Å². The lowest BCUT2D eigenvalue weighted by Gasteiger charge is -2.03. The minimum absolute atomic E-state index is 0.382. The summed E-state index contributed by atoms with van der Waals surface area (Å²) in [5.74, 6) is -0.0708. The van der Waals surface area contributed by atoms with Crippen LogP contribution in [0.3, 0.4) is 0 Å². The van der Waals surface area contributed by atoms with E-state index in [2.05, 4.69) is 11.1 Å². The molecule has 0 N–H and O–H groups in total. The van der Waals surface area contributed by atoms with Gasteiger partial charge in [0, 0.05) is 11.6 Å². The van der Waals surface area contributed by atoms with Crippen LogP contribution in [0.5, 0.6) is 5.75 Å². The van der Waals surface area contributed by atoms with Gasteiger partial charge in [-0.15, -0.1) is 0 Å². The van der Waals surface area contributed by atoms with Crippen LogP contribution in [0.15, 0.2) is 66.9 Å². The molecule has 0 spiro atoms. The van der Waals surface area contributed by atoms with Crippen molar-refractivity contribution in [3.05, 3.63) is 72.5 Å². The maximum absolute atomic E-state index is 11.5. The summed E-state index contributed by atoms with van der Waals surface area (Å²) in [5.41, 5.74) is 2.24. The van der Waals surface area contributed by atoms with Gasteiger partial charge in [0.1, 0.15) is 5.75 Å². The van der Waals surface area contributed by atoms with Crippen molar-refractivity contribution < 1.29 is 9.53 Å². The van der Waals surface area contributed by atoms with Crippen molar-refractivity contribution in [3.8, 4) is 23.1 Å². The van der Waals surface area contributed by atoms with E-state index in [9.17, 15) is 4.79 Å². The molecule has 2 rings (SSSR count). The van der Waals surface area contributed by atoms with Crippen LogP contribution in [-0.2, 0) is 4.79 Å². The number of hydrogen-bond acceptors (Lipinski definition) is 4. The van der Waals surface area contributed by atoms with Crippen LogP contribution in [0, 0.1) is 11.3 Å². The summed E-state index contributed by atoms with van der Waals surface area (Å²) < 4.78 is 5.12. The lowest BCUT2D eigenvalue weighted by molar-refractivity contribution is -0.129. The first-order chi connectivity index (χ1) is 10.7. The number of carbonyl (C=O) groups excluding carboxylic acids is 1. The van der Waals surface area contributed by atoms with Gasteiger partial charge < -0.3 is 4.74 Å². The fourth-order valence-electron chi connectivity index (χ4n) is 1.72. The summed E-state index contributed by atoms with van der Waals surface area (Å²) in [6.07, 6.45) is 8.01. The fourth-order valence-corrected chi connectivity index (χ4v) is 1.72. The Bertz CT molecular complexity index is 736. The Hall–Kier alpha value is -3.19.